The highest BCUT2D eigenvalue weighted by Gasteiger charge is 2.33. The summed E-state index contributed by atoms with van der Waals surface area (Å²) in [6.07, 6.45) is 3.42. The van der Waals surface area contributed by atoms with Crippen molar-refractivity contribution < 1.29 is 5.11 Å². The van der Waals surface area contributed by atoms with Gasteiger partial charge >= 0.3 is 0 Å². The third-order valence-electron chi connectivity index (χ3n) is 3.17. The highest BCUT2D eigenvalue weighted by atomic mass is 16.3. The average molecular weight is 191 g/mol. The van der Waals surface area contributed by atoms with Gasteiger partial charge in [0.25, 0.3) is 0 Å². The fourth-order valence-corrected chi connectivity index (χ4v) is 2.15. The summed E-state index contributed by atoms with van der Waals surface area (Å²) in [5, 5.41) is 10.4. The smallest absolute Gasteiger partial charge is 0.0897 e. The van der Waals surface area contributed by atoms with Gasteiger partial charge in [0.1, 0.15) is 0 Å². The molecule has 0 radical (unpaired) electrons. The van der Waals surface area contributed by atoms with Crippen molar-refractivity contribution >= 4 is 0 Å². The van der Waals surface area contributed by atoms with Gasteiger partial charge in [-0.15, -0.1) is 0 Å². The van der Waals surface area contributed by atoms with E-state index in [1.165, 1.54) is 0 Å². The van der Waals surface area contributed by atoms with Crippen molar-refractivity contribution in [1.29, 1.82) is 0 Å². The van der Waals surface area contributed by atoms with Crippen LogP contribution in [0.4, 0.5) is 0 Å². The second kappa shape index (κ2) is 3.71. The van der Waals surface area contributed by atoms with Crippen molar-refractivity contribution in [3.63, 3.8) is 0 Å². The van der Waals surface area contributed by atoms with Gasteiger partial charge in [-0.05, 0) is 31.2 Å². The van der Waals surface area contributed by atoms with Crippen LogP contribution in [0.5, 0.6) is 0 Å². The Labute approximate surface area is 84.7 Å². The van der Waals surface area contributed by atoms with Crippen LogP contribution in [-0.4, -0.2) is 11.1 Å². The zero-order chi connectivity index (χ0) is 10.0. The Morgan fingerprint density at radius 3 is 2.29 bits per heavy atom. The van der Waals surface area contributed by atoms with Crippen molar-refractivity contribution in [1.82, 2.24) is 0 Å². The van der Waals surface area contributed by atoms with Crippen LogP contribution < -0.4 is 5.73 Å². The van der Waals surface area contributed by atoms with E-state index in [2.05, 4.69) is 0 Å². The van der Waals surface area contributed by atoms with E-state index in [1.54, 1.807) is 0 Å². The van der Waals surface area contributed by atoms with Gasteiger partial charge in [-0.25, -0.2) is 0 Å². The summed E-state index contributed by atoms with van der Waals surface area (Å²) in [7, 11) is 0. The Morgan fingerprint density at radius 1 is 1.14 bits per heavy atom. The second-order valence-electron chi connectivity index (χ2n) is 4.24. The van der Waals surface area contributed by atoms with Crippen LogP contribution in [0.2, 0.25) is 0 Å². The zero-order valence-electron chi connectivity index (χ0n) is 8.32. The highest BCUT2D eigenvalue weighted by Crippen LogP contribution is 2.36. The first kappa shape index (κ1) is 9.69. The molecule has 3 N–H and O–H groups in total. The lowest BCUT2D eigenvalue weighted by Crippen LogP contribution is -2.36. The first-order valence-electron chi connectivity index (χ1n) is 5.24. The lowest BCUT2D eigenvalue weighted by atomic mass is 9.78. The van der Waals surface area contributed by atoms with E-state index in [1.807, 2.05) is 30.3 Å². The molecule has 0 aromatic heterocycles. The molecule has 1 fully saturated rings. The van der Waals surface area contributed by atoms with Gasteiger partial charge in [0, 0.05) is 6.04 Å². The van der Waals surface area contributed by atoms with Crippen LogP contribution in [0.3, 0.4) is 0 Å². The topological polar surface area (TPSA) is 46.2 Å². The molecule has 2 rings (SSSR count). The number of nitrogens with two attached hydrogens (primary N) is 1. The van der Waals surface area contributed by atoms with Crippen LogP contribution in [0.25, 0.3) is 0 Å². The van der Waals surface area contributed by atoms with E-state index in [-0.39, 0.29) is 6.04 Å². The number of hydrogen-bond donors (Lipinski definition) is 2. The molecule has 1 saturated carbocycles. The third kappa shape index (κ3) is 1.81. The molecule has 1 aliphatic rings. The van der Waals surface area contributed by atoms with E-state index in [0.717, 1.165) is 31.2 Å². The molecule has 2 heteroatoms. The fourth-order valence-electron chi connectivity index (χ4n) is 2.15. The molecule has 0 saturated heterocycles. The summed E-state index contributed by atoms with van der Waals surface area (Å²) in [5.74, 6) is 0. The predicted octanol–water partition coefficient (Wildman–Crippen LogP) is 1.78. The summed E-state index contributed by atoms with van der Waals surface area (Å²) in [6, 6.07) is 10.2. The molecule has 76 valence electrons. The van der Waals surface area contributed by atoms with Crippen LogP contribution in [-0.2, 0) is 5.60 Å². The molecule has 2 nitrogen and oxygen atoms in total. The molecule has 0 unspecified atom stereocenters. The number of benzene rings is 1. The van der Waals surface area contributed by atoms with E-state index >= 15 is 0 Å². The van der Waals surface area contributed by atoms with E-state index in [9.17, 15) is 5.11 Å². The van der Waals surface area contributed by atoms with Crippen LogP contribution in [0.1, 0.15) is 31.2 Å². The van der Waals surface area contributed by atoms with Gasteiger partial charge < -0.3 is 10.8 Å². The second-order valence-corrected chi connectivity index (χ2v) is 4.24. The van der Waals surface area contributed by atoms with Crippen molar-refractivity contribution in [2.45, 2.75) is 37.3 Å². The van der Waals surface area contributed by atoms with Crippen LogP contribution in [0.15, 0.2) is 30.3 Å². The molecule has 14 heavy (non-hydrogen) atoms. The minimum Gasteiger partial charge on any atom is -0.385 e. The minimum absolute atomic E-state index is 0.277. The molecule has 0 bridgehead atoms. The number of hydrogen-bond acceptors (Lipinski definition) is 2. The summed E-state index contributed by atoms with van der Waals surface area (Å²) < 4.78 is 0. The van der Waals surface area contributed by atoms with Gasteiger partial charge in [-0.2, -0.15) is 0 Å². The first-order chi connectivity index (χ1) is 6.71. The van der Waals surface area contributed by atoms with Crippen molar-refractivity contribution in [3.8, 4) is 0 Å². The maximum absolute atomic E-state index is 10.4. The SMILES string of the molecule is N[C@H]1CC[C@](O)(c2ccccc2)CC1. The van der Waals surface area contributed by atoms with E-state index < -0.39 is 5.60 Å². The van der Waals surface area contributed by atoms with Crippen LogP contribution in [0, 0.1) is 0 Å². The number of rotatable bonds is 1. The third-order valence-corrected chi connectivity index (χ3v) is 3.17. The molecular formula is C12H17NO. The standard InChI is InChI=1S/C12H17NO/c13-11-6-8-12(14,9-7-11)10-4-2-1-3-5-10/h1-5,11,14H,6-9,13H2/t11-,12+. The monoisotopic (exact) mass is 191 g/mol. The quantitative estimate of drug-likeness (QED) is 0.710. The summed E-state index contributed by atoms with van der Waals surface area (Å²) in [5.41, 5.74) is 6.23. The Hall–Kier alpha value is -0.860. The lowest BCUT2D eigenvalue weighted by molar-refractivity contribution is -0.00495. The zero-order valence-corrected chi connectivity index (χ0v) is 8.32. The van der Waals surface area contributed by atoms with Crippen LogP contribution >= 0.6 is 0 Å². The highest BCUT2D eigenvalue weighted by molar-refractivity contribution is 5.22. The number of aliphatic hydroxyl groups is 1. The lowest BCUT2D eigenvalue weighted by Gasteiger charge is -2.35. The Morgan fingerprint density at radius 2 is 1.71 bits per heavy atom. The van der Waals surface area contributed by atoms with Crippen molar-refractivity contribution in [2.75, 3.05) is 0 Å². The molecular weight excluding hydrogens is 174 g/mol. The maximum Gasteiger partial charge on any atom is 0.0897 e. The van der Waals surface area contributed by atoms with Gasteiger partial charge in [-0.1, -0.05) is 30.3 Å². The minimum atomic E-state index is -0.628. The normalized spacial score (nSPS) is 32.9. The first-order valence-corrected chi connectivity index (χ1v) is 5.24. The molecule has 1 aromatic rings. The molecule has 0 heterocycles. The van der Waals surface area contributed by atoms with Crippen molar-refractivity contribution in [2.24, 2.45) is 5.73 Å². The van der Waals surface area contributed by atoms with Gasteiger partial charge in [0.05, 0.1) is 5.60 Å². The molecule has 0 spiro atoms. The van der Waals surface area contributed by atoms with Gasteiger partial charge in [0.2, 0.25) is 0 Å². The molecule has 1 aromatic carbocycles. The van der Waals surface area contributed by atoms with Gasteiger partial charge in [0.15, 0.2) is 0 Å². The van der Waals surface area contributed by atoms with E-state index in [4.69, 9.17) is 5.73 Å². The largest absolute Gasteiger partial charge is 0.385 e. The molecule has 0 aliphatic heterocycles. The summed E-state index contributed by atoms with van der Waals surface area (Å²) >= 11 is 0. The molecule has 0 amide bonds. The maximum atomic E-state index is 10.4. The Kier molecular flexibility index (Phi) is 2.57. The summed E-state index contributed by atoms with van der Waals surface area (Å²) in [6.45, 7) is 0. The van der Waals surface area contributed by atoms with Gasteiger partial charge in [-0.3, -0.25) is 0 Å². The Balaban J connectivity index is 2.17. The summed E-state index contributed by atoms with van der Waals surface area (Å²) in [4.78, 5) is 0. The van der Waals surface area contributed by atoms with Crippen molar-refractivity contribution in [3.05, 3.63) is 35.9 Å². The average Bonchev–Trinajstić information content (AvgIpc) is 2.24. The van der Waals surface area contributed by atoms with E-state index in [0.29, 0.717) is 0 Å². The molecule has 0 atom stereocenters. The predicted molar refractivity (Wildman–Crippen MR) is 56.8 cm³/mol. The Bertz CT molecular complexity index is 288. The fraction of sp³-hybridized carbons (Fsp3) is 0.500. The molecule has 1 aliphatic carbocycles.